The third-order valence-electron chi connectivity index (χ3n) is 5.23. The molecule has 0 fully saturated rings. The summed E-state index contributed by atoms with van der Waals surface area (Å²) in [6.45, 7) is 6.94. The summed E-state index contributed by atoms with van der Waals surface area (Å²) in [5.41, 5.74) is 10.3. The van der Waals surface area contributed by atoms with Crippen molar-refractivity contribution >= 4 is 11.1 Å². The van der Waals surface area contributed by atoms with Crippen LogP contribution < -0.4 is 0 Å². The van der Waals surface area contributed by atoms with E-state index in [4.69, 9.17) is 0 Å². The molecule has 2 aliphatic rings. The van der Waals surface area contributed by atoms with Gasteiger partial charge in [-0.1, -0.05) is 74.0 Å². The maximum atomic E-state index is 2.47. The summed E-state index contributed by atoms with van der Waals surface area (Å²) in [4.78, 5) is 0. The molecule has 0 bridgehead atoms. The van der Waals surface area contributed by atoms with Crippen molar-refractivity contribution in [2.24, 2.45) is 0 Å². The molecule has 0 atom stereocenters. The minimum absolute atomic E-state index is 0.122. The van der Waals surface area contributed by atoms with Crippen LogP contribution in [0.3, 0.4) is 0 Å². The average molecular weight is 286 g/mol. The Hall–Kier alpha value is -2.08. The Balaban J connectivity index is 2.04. The van der Waals surface area contributed by atoms with Crippen molar-refractivity contribution in [2.75, 3.05) is 0 Å². The quantitative estimate of drug-likeness (QED) is 0.610. The maximum absolute atomic E-state index is 2.47. The van der Waals surface area contributed by atoms with E-state index >= 15 is 0 Å². The van der Waals surface area contributed by atoms with Gasteiger partial charge in [-0.2, -0.15) is 0 Å². The van der Waals surface area contributed by atoms with Crippen LogP contribution in [0.5, 0.6) is 0 Å². The zero-order valence-electron chi connectivity index (χ0n) is 13.6. The average Bonchev–Trinajstić information content (AvgIpc) is 2.76. The molecule has 110 valence electrons. The number of allylic oxidation sites excluding steroid dienone is 4. The molecule has 0 aliphatic heterocycles. The lowest BCUT2D eigenvalue weighted by Gasteiger charge is -2.26. The van der Waals surface area contributed by atoms with Gasteiger partial charge in [0.25, 0.3) is 0 Å². The lowest BCUT2D eigenvalue weighted by molar-refractivity contribution is 0.654. The van der Waals surface area contributed by atoms with Crippen molar-refractivity contribution in [3.63, 3.8) is 0 Å². The second-order valence-corrected chi connectivity index (χ2v) is 7.05. The highest BCUT2D eigenvalue weighted by Gasteiger charge is 2.40. The minimum atomic E-state index is 0.122. The minimum Gasteiger partial charge on any atom is -0.0795 e. The molecule has 2 aliphatic carbocycles. The SMILES string of the molecule is Cc1ccc2c(c1)C(C)(C)C1=CCCC(c3ccccc3)=C12. The molecule has 0 amide bonds. The van der Waals surface area contributed by atoms with Gasteiger partial charge in [-0.25, -0.2) is 0 Å². The van der Waals surface area contributed by atoms with Crippen LogP contribution >= 0.6 is 0 Å². The van der Waals surface area contributed by atoms with Crippen molar-refractivity contribution in [1.29, 1.82) is 0 Å². The van der Waals surface area contributed by atoms with E-state index in [9.17, 15) is 0 Å². The number of rotatable bonds is 1. The zero-order valence-corrected chi connectivity index (χ0v) is 13.6. The molecular weight excluding hydrogens is 264 g/mol. The van der Waals surface area contributed by atoms with E-state index in [0.717, 1.165) is 12.8 Å². The molecule has 2 aromatic carbocycles. The molecule has 22 heavy (non-hydrogen) atoms. The first-order valence-electron chi connectivity index (χ1n) is 8.20. The van der Waals surface area contributed by atoms with Gasteiger partial charge in [0.2, 0.25) is 0 Å². The van der Waals surface area contributed by atoms with Crippen molar-refractivity contribution < 1.29 is 0 Å². The molecular formula is C22H22. The van der Waals surface area contributed by atoms with Crippen LogP contribution in [0.25, 0.3) is 11.1 Å². The molecule has 0 spiro atoms. The van der Waals surface area contributed by atoms with Crippen LogP contribution in [0.1, 0.15) is 48.9 Å². The van der Waals surface area contributed by atoms with Crippen LogP contribution in [-0.2, 0) is 5.41 Å². The Morgan fingerprint density at radius 2 is 1.73 bits per heavy atom. The fraction of sp³-hybridized carbons (Fsp3) is 0.273. The predicted octanol–water partition coefficient (Wildman–Crippen LogP) is 5.92. The van der Waals surface area contributed by atoms with E-state index in [1.807, 2.05) is 0 Å². The molecule has 0 unspecified atom stereocenters. The molecule has 0 saturated carbocycles. The van der Waals surface area contributed by atoms with Gasteiger partial charge < -0.3 is 0 Å². The molecule has 0 radical (unpaired) electrons. The fourth-order valence-corrected chi connectivity index (χ4v) is 4.09. The third-order valence-corrected chi connectivity index (χ3v) is 5.23. The van der Waals surface area contributed by atoms with Crippen molar-refractivity contribution in [2.45, 2.75) is 39.0 Å². The van der Waals surface area contributed by atoms with Crippen LogP contribution in [-0.4, -0.2) is 0 Å². The number of benzene rings is 2. The van der Waals surface area contributed by atoms with E-state index < -0.39 is 0 Å². The lowest BCUT2D eigenvalue weighted by atomic mass is 9.78. The highest BCUT2D eigenvalue weighted by Crippen LogP contribution is 2.54. The van der Waals surface area contributed by atoms with Gasteiger partial charge in [-0.15, -0.1) is 0 Å². The van der Waals surface area contributed by atoms with Crippen molar-refractivity contribution in [3.05, 3.63) is 82.4 Å². The van der Waals surface area contributed by atoms with Crippen molar-refractivity contribution in [3.8, 4) is 0 Å². The number of hydrogen-bond acceptors (Lipinski definition) is 0. The fourth-order valence-electron chi connectivity index (χ4n) is 4.09. The molecule has 0 heterocycles. The summed E-state index contributed by atoms with van der Waals surface area (Å²) >= 11 is 0. The van der Waals surface area contributed by atoms with E-state index in [1.165, 1.54) is 39.0 Å². The monoisotopic (exact) mass is 286 g/mol. The van der Waals surface area contributed by atoms with Gasteiger partial charge in [0.1, 0.15) is 0 Å². The Morgan fingerprint density at radius 1 is 0.955 bits per heavy atom. The topological polar surface area (TPSA) is 0 Å². The molecule has 0 heteroatoms. The summed E-state index contributed by atoms with van der Waals surface area (Å²) in [5, 5.41) is 0. The predicted molar refractivity (Wildman–Crippen MR) is 94.8 cm³/mol. The molecule has 2 aromatic rings. The van der Waals surface area contributed by atoms with Crippen LogP contribution in [0.15, 0.2) is 60.2 Å². The highest BCUT2D eigenvalue weighted by atomic mass is 14.4. The molecule has 0 aromatic heterocycles. The van der Waals surface area contributed by atoms with E-state index in [1.54, 1.807) is 0 Å². The second-order valence-electron chi connectivity index (χ2n) is 7.05. The third kappa shape index (κ3) is 1.83. The summed E-state index contributed by atoms with van der Waals surface area (Å²) < 4.78 is 0. The van der Waals surface area contributed by atoms with E-state index in [0.29, 0.717) is 0 Å². The van der Waals surface area contributed by atoms with Gasteiger partial charge in [0.15, 0.2) is 0 Å². The second kappa shape index (κ2) is 4.71. The van der Waals surface area contributed by atoms with E-state index in [-0.39, 0.29) is 5.41 Å². The van der Waals surface area contributed by atoms with Crippen LogP contribution in [0, 0.1) is 6.92 Å². The molecule has 4 rings (SSSR count). The number of fused-ring (bicyclic) bond motifs is 3. The Morgan fingerprint density at radius 3 is 2.50 bits per heavy atom. The van der Waals surface area contributed by atoms with Gasteiger partial charge in [0, 0.05) is 5.41 Å². The van der Waals surface area contributed by atoms with Crippen molar-refractivity contribution in [1.82, 2.24) is 0 Å². The largest absolute Gasteiger partial charge is 0.0795 e. The standard InChI is InChI=1S/C22H22/c1-15-12-13-18-20(14-15)22(2,3)19-11-7-10-17(21(18)19)16-8-5-4-6-9-16/h4-6,8-9,11-14H,7,10H2,1-3H3. The molecule has 0 saturated heterocycles. The zero-order chi connectivity index (χ0) is 15.3. The molecule has 0 N–H and O–H groups in total. The summed E-state index contributed by atoms with van der Waals surface area (Å²) in [5.74, 6) is 0. The Labute approximate surface area is 133 Å². The smallest absolute Gasteiger partial charge is 0.0155 e. The van der Waals surface area contributed by atoms with E-state index in [2.05, 4.69) is 75.4 Å². The first-order chi connectivity index (χ1) is 10.6. The first kappa shape index (κ1) is 13.6. The summed E-state index contributed by atoms with van der Waals surface area (Å²) in [7, 11) is 0. The highest BCUT2D eigenvalue weighted by molar-refractivity contribution is 6.04. The summed E-state index contributed by atoms with van der Waals surface area (Å²) in [6, 6.07) is 17.9. The number of aryl methyl sites for hydroxylation is 1. The number of hydrogen-bond donors (Lipinski definition) is 0. The van der Waals surface area contributed by atoms with Gasteiger partial charge >= 0.3 is 0 Å². The lowest BCUT2D eigenvalue weighted by Crippen LogP contribution is -2.16. The van der Waals surface area contributed by atoms with Crippen LogP contribution in [0.2, 0.25) is 0 Å². The van der Waals surface area contributed by atoms with Gasteiger partial charge in [-0.3, -0.25) is 0 Å². The first-order valence-corrected chi connectivity index (χ1v) is 8.20. The Bertz CT molecular complexity index is 801. The Kier molecular flexibility index (Phi) is 2.91. The molecule has 0 nitrogen and oxygen atoms in total. The van der Waals surface area contributed by atoms with Gasteiger partial charge in [-0.05, 0) is 53.2 Å². The summed E-state index contributed by atoms with van der Waals surface area (Å²) in [6.07, 6.45) is 4.77. The van der Waals surface area contributed by atoms with Gasteiger partial charge in [0.05, 0.1) is 0 Å². The normalized spacial score (nSPS) is 18.8. The van der Waals surface area contributed by atoms with Crippen LogP contribution in [0.4, 0.5) is 0 Å². The maximum Gasteiger partial charge on any atom is 0.0155 e.